The molecule has 1 atom stereocenters. The second kappa shape index (κ2) is 5.15. The third-order valence-electron chi connectivity index (χ3n) is 3.48. The maximum atomic E-state index is 13.0. The van der Waals surface area contributed by atoms with E-state index in [-0.39, 0.29) is 11.4 Å². The van der Waals surface area contributed by atoms with Gasteiger partial charge in [-0.3, -0.25) is 0 Å². The summed E-state index contributed by atoms with van der Waals surface area (Å²) >= 11 is 0. The van der Waals surface area contributed by atoms with Crippen molar-refractivity contribution in [2.24, 2.45) is 0 Å². The van der Waals surface area contributed by atoms with Gasteiger partial charge in [-0.15, -0.1) is 0 Å². The Bertz CT molecular complexity index is 353. The van der Waals surface area contributed by atoms with E-state index in [9.17, 15) is 4.39 Å². The third-order valence-corrected chi connectivity index (χ3v) is 3.48. The zero-order valence-corrected chi connectivity index (χ0v) is 10.7. The fraction of sp³-hybridized carbons (Fsp3) is 0.571. The minimum Gasteiger partial charge on any atom is -0.307 e. The summed E-state index contributed by atoms with van der Waals surface area (Å²) in [6.07, 6.45) is 3.59. The molecule has 1 aromatic carbocycles. The lowest BCUT2D eigenvalue weighted by Gasteiger charge is -2.41. The summed E-state index contributed by atoms with van der Waals surface area (Å²) in [4.78, 5) is 2.20. The third kappa shape index (κ3) is 2.85. The molecule has 0 aliphatic carbocycles. The highest BCUT2D eigenvalue weighted by molar-refractivity contribution is 5.26. The fourth-order valence-electron chi connectivity index (χ4n) is 2.75. The predicted octanol–water partition coefficient (Wildman–Crippen LogP) is 2.36. The normalized spacial score (nSPS) is 25.2. The molecule has 1 aliphatic rings. The molecule has 0 aromatic heterocycles. The van der Waals surface area contributed by atoms with Gasteiger partial charge in [-0.25, -0.2) is 4.39 Å². The molecule has 2 rings (SSSR count). The van der Waals surface area contributed by atoms with E-state index in [2.05, 4.69) is 24.3 Å². The Labute approximate surface area is 103 Å². The van der Waals surface area contributed by atoms with Gasteiger partial charge < -0.3 is 10.2 Å². The van der Waals surface area contributed by atoms with Crippen molar-refractivity contribution in [1.82, 2.24) is 10.2 Å². The van der Waals surface area contributed by atoms with Crippen molar-refractivity contribution >= 4 is 0 Å². The first-order valence-corrected chi connectivity index (χ1v) is 6.28. The van der Waals surface area contributed by atoms with Gasteiger partial charge in [0.2, 0.25) is 0 Å². The molecule has 1 unspecified atom stereocenters. The van der Waals surface area contributed by atoms with Crippen molar-refractivity contribution in [3.05, 3.63) is 35.6 Å². The van der Waals surface area contributed by atoms with Crippen LogP contribution in [0.1, 0.15) is 24.8 Å². The van der Waals surface area contributed by atoms with Gasteiger partial charge in [-0.1, -0.05) is 12.1 Å². The summed E-state index contributed by atoms with van der Waals surface area (Å²) in [5, 5.41) is 3.64. The second-order valence-corrected chi connectivity index (χ2v) is 5.21. The number of hydrogen-bond acceptors (Lipinski definition) is 2. The Hall–Kier alpha value is -0.930. The molecule has 1 aliphatic heterocycles. The Morgan fingerprint density at radius 2 is 1.94 bits per heavy atom. The predicted molar refractivity (Wildman–Crippen MR) is 68.5 cm³/mol. The van der Waals surface area contributed by atoms with Gasteiger partial charge >= 0.3 is 0 Å². The molecular weight excluding hydrogens is 215 g/mol. The lowest BCUT2D eigenvalue weighted by atomic mass is 9.82. The molecule has 2 nitrogen and oxygen atoms in total. The second-order valence-electron chi connectivity index (χ2n) is 5.21. The van der Waals surface area contributed by atoms with E-state index in [1.807, 2.05) is 12.1 Å². The molecule has 1 fully saturated rings. The van der Waals surface area contributed by atoms with Gasteiger partial charge in [0.15, 0.2) is 0 Å². The molecule has 17 heavy (non-hydrogen) atoms. The summed E-state index contributed by atoms with van der Waals surface area (Å²) in [5.74, 6) is -0.162. The van der Waals surface area contributed by atoms with Crippen LogP contribution in [0.25, 0.3) is 0 Å². The number of nitrogens with one attached hydrogen (secondary N) is 1. The number of likely N-dealkylation sites (N-methyl/N-ethyl adjacent to an activating group) is 1. The van der Waals surface area contributed by atoms with Crippen molar-refractivity contribution in [2.75, 3.05) is 27.2 Å². The fourth-order valence-corrected chi connectivity index (χ4v) is 2.75. The molecule has 3 heteroatoms. The van der Waals surface area contributed by atoms with Crippen molar-refractivity contribution in [1.29, 1.82) is 0 Å². The topological polar surface area (TPSA) is 15.3 Å². The Morgan fingerprint density at radius 3 is 2.47 bits per heavy atom. The maximum absolute atomic E-state index is 13.0. The first-order chi connectivity index (χ1) is 8.12. The lowest BCUT2D eigenvalue weighted by Crippen LogP contribution is -2.52. The van der Waals surface area contributed by atoms with E-state index in [1.54, 1.807) is 12.1 Å². The van der Waals surface area contributed by atoms with E-state index >= 15 is 0 Å². The summed E-state index contributed by atoms with van der Waals surface area (Å²) in [5.41, 5.74) is 1.20. The maximum Gasteiger partial charge on any atom is 0.123 e. The number of hydrogen-bond donors (Lipinski definition) is 1. The smallest absolute Gasteiger partial charge is 0.123 e. The van der Waals surface area contributed by atoms with Crippen LogP contribution in [0.2, 0.25) is 0 Å². The van der Waals surface area contributed by atoms with Crippen LogP contribution in [0.5, 0.6) is 0 Å². The zero-order valence-electron chi connectivity index (χ0n) is 10.7. The number of nitrogens with zero attached hydrogens (tertiary/aromatic N) is 1. The summed E-state index contributed by atoms with van der Waals surface area (Å²) < 4.78 is 13.0. The minimum atomic E-state index is -0.162. The molecule has 1 N–H and O–H groups in total. The van der Waals surface area contributed by atoms with E-state index in [1.165, 1.54) is 18.4 Å². The number of rotatable bonds is 3. The van der Waals surface area contributed by atoms with Gasteiger partial charge in [0.05, 0.1) is 5.54 Å². The lowest BCUT2D eigenvalue weighted by molar-refractivity contribution is 0.190. The first kappa shape index (κ1) is 12.5. The van der Waals surface area contributed by atoms with Gasteiger partial charge in [0.1, 0.15) is 5.82 Å². The quantitative estimate of drug-likeness (QED) is 0.866. The monoisotopic (exact) mass is 236 g/mol. The Morgan fingerprint density at radius 1 is 1.24 bits per heavy atom. The number of piperidine rings is 1. The van der Waals surface area contributed by atoms with Crippen LogP contribution < -0.4 is 5.32 Å². The average molecular weight is 236 g/mol. The Balaban J connectivity index is 2.28. The SMILES string of the molecule is CN(C)CC1(c2ccc(F)cc2)CCCCN1. The highest BCUT2D eigenvalue weighted by atomic mass is 19.1. The molecule has 1 heterocycles. The van der Waals surface area contributed by atoms with Crippen molar-refractivity contribution in [3.8, 4) is 0 Å². The Kier molecular flexibility index (Phi) is 3.79. The minimum absolute atomic E-state index is 0.00451. The summed E-state index contributed by atoms with van der Waals surface area (Å²) in [7, 11) is 4.17. The summed E-state index contributed by atoms with van der Waals surface area (Å²) in [6.45, 7) is 2.00. The number of benzene rings is 1. The molecule has 0 amide bonds. The van der Waals surface area contributed by atoms with Crippen molar-refractivity contribution < 1.29 is 4.39 Å². The van der Waals surface area contributed by atoms with Gasteiger partial charge in [-0.2, -0.15) is 0 Å². The van der Waals surface area contributed by atoms with Crippen LogP contribution >= 0.6 is 0 Å². The van der Waals surface area contributed by atoms with Gasteiger partial charge in [-0.05, 0) is 57.6 Å². The highest BCUT2D eigenvalue weighted by Crippen LogP contribution is 2.31. The van der Waals surface area contributed by atoms with Gasteiger partial charge in [0, 0.05) is 6.54 Å². The molecule has 94 valence electrons. The van der Waals surface area contributed by atoms with Crippen LogP contribution in [-0.4, -0.2) is 32.1 Å². The molecule has 1 saturated heterocycles. The van der Waals surface area contributed by atoms with Crippen molar-refractivity contribution in [3.63, 3.8) is 0 Å². The van der Waals surface area contributed by atoms with E-state index in [4.69, 9.17) is 0 Å². The molecule has 0 saturated carbocycles. The molecule has 0 radical (unpaired) electrons. The summed E-state index contributed by atoms with van der Waals surface area (Å²) in [6, 6.07) is 6.94. The molecule has 1 aromatic rings. The average Bonchev–Trinajstić information content (AvgIpc) is 2.30. The van der Waals surface area contributed by atoms with Crippen LogP contribution in [0.15, 0.2) is 24.3 Å². The van der Waals surface area contributed by atoms with E-state index in [0.717, 1.165) is 19.5 Å². The molecule has 0 spiro atoms. The first-order valence-electron chi connectivity index (χ1n) is 6.28. The standard InChI is InChI=1S/C14H21FN2/c1-17(2)11-14(9-3-4-10-16-14)12-5-7-13(15)8-6-12/h5-8,16H,3-4,9-11H2,1-2H3. The van der Waals surface area contributed by atoms with Crippen LogP contribution in [0.3, 0.4) is 0 Å². The van der Waals surface area contributed by atoms with E-state index < -0.39 is 0 Å². The molecular formula is C14H21FN2. The van der Waals surface area contributed by atoms with E-state index in [0.29, 0.717) is 0 Å². The van der Waals surface area contributed by atoms with Crippen LogP contribution in [0, 0.1) is 5.82 Å². The zero-order chi connectivity index (χ0) is 12.3. The largest absolute Gasteiger partial charge is 0.307 e. The van der Waals surface area contributed by atoms with Crippen LogP contribution in [-0.2, 0) is 5.54 Å². The highest BCUT2D eigenvalue weighted by Gasteiger charge is 2.33. The molecule has 0 bridgehead atoms. The number of halogens is 1. The van der Waals surface area contributed by atoms with Gasteiger partial charge in [0.25, 0.3) is 0 Å². The van der Waals surface area contributed by atoms with Crippen molar-refractivity contribution in [2.45, 2.75) is 24.8 Å². The van der Waals surface area contributed by atoms with Crippen LogP contribution in [0.4, 0.5) is 4.39 Å².